The molecule has 2 amide bonds. The molecule has 2 aliphatic rings. The first kappa shape index (κ1) is 13.9. The zero-order chi connectivity index (χ0) is 14.8. The Balaban J connectivity index is 1.59. The smallest absolute Gasteiger partial charge is 0.244 e. The Morgan fingerprint density at radius 3 is 2.29 bits per heavy atom. The topological polar surface area (TPSA) is 61.9 Å². The zero-order valence-electron chi connectivity index (χ0n) is 12.0. The summed E-state index contributed by atoms with van der Waals surface area (Å²) in [5.74, 6) is 0.527. The number of nitrogens with zero attached hydrogens (tertiary/aromatic N) is 2. The minimum absolute atomic E-state index is 0.155. The summed E-state index contributed by atoms with van der Waals surface area (Å²) in [4.78, 5) is 27.4. The lowest BCUT2D eigenvalue weighted by Gasteiger charge is -2.38. The van der Waals surface area contributed by atoms with Gasteiger partial charge >= 0.3 is 0 Å². The summed E-state index contributed by atoms with van der Waals surface area (Å²) in [5.41, 5.74) is 1.15. The van der Waals surface area contributed by atoms with Crippen LogP contribution >= 0.6 is 0 Å². The van der Waals surface area contributed by atoms with E-state index >= 15 is 0 Å². The van der Waals surface area contributed by atoms with Crippen LogP contribution in [0.15, 0.2) is 24.3 Å². The highest BCUT2D eigenvalue weighted by Crippen LogP contribution is 2.22. The molecule has 0 saturated carbocycles. The Kier molecular flexibility index (Phi) is 3.79. The minimum Gasteiger partial charge on any atom is -0.497 e. The number of piperazine rings is 1. The zero-order valence-corrected chi connectivity index (χ0v) is 12.0. The number of anilines is 1. The van der Waals surface area contributed by atoms with Gasteiger partial charge in [-0.15, -0.1) is 0 Å². The van der Waals surface area contributed by atoms with E-state index in [1.165, 1.54) is 0 Å². The number of benzene rings is 1. The van der Waals surface area contributed by atoms with Crippen molar-refractivity contribution in [3.8, 4) is 5.75 Å². The lowest BCUT2D eigenvalue weighted by Crippen LogP contribution is -2.52. The monoisotopic (exact) mass is 289 g/mol. The van der Waals surface area contributed by atoms with Crippen LogP contribution in [0.25, 0.3) is 0 Å². The number of carbonyl (C=O) groups is 2. The van der Waals surface area contributed by atoms with Gasteiger partial charge in [0.1, 0.15) is 5.75 Å². The Hall–Kier alpha value is -2.08. The van der Waals surface area contributed by atoms with Crippen molar-refractivity contribution in [2.75, 3.05) is 38.2 Å². The summed E-state index contributed by atoms with van der Waals surface area (Å²) in [6.07, 6.45) is 0.293. The second kappa shape index (κ2) is 5.73. The molecule has 3 rings (SSSR count). The highest BCUT2D eigenvalue weighted by molar-refractivity contribution is 6.05. The molecule has 1 aromatic rings. The minimum atomic E-state index is -0.282. The summed E-state index contributed by atoms with van der Waals surface area (Å²) in [7, 11) is 1.65. The Morgan fingerprint density at radius 1 is 1.10 bits per heavy atom. The van der Waals surface area contributed by atoms with Crippen molar-refractivity contribution in [3.63, 3.8) is 0 Å². The molecule has 0 unspecified atom stereocenters. The van der Waals surface area contributed by atoms with Gasteiger partial charge in [0.05, 0.1) is 19.6 Å². The number of amides is 2. The Bertz CT molecular complexity index is 536. The van der Waals surface area contributed by atoms with Crippen molar-refractivity contribution >= 4 is 17.5 Å². The largest absolute Gasteiger partial charge is 0.497 e. The van der Waals surface area contributed by atoms with E-state index in [0.717, 1.165) is 37.6 Å². The van der Waals surface area contributed by atoms with Crippen LogP contribution in [0.4, 0.5) is 5.69 Å². The molecule has 2 heterocycles. The fraction of sp³-hybridized carbons (Fsp3) is 0.467. The van der Waals surface area contributed by atoms with Crippen molar-refractivity contribution in [1.82, 2.24) is 10.2 Å². The third-order valence-corrected chi connectivity index (χ3v) is 4.14. The molecule has 6 nitrogen and oxygen atoms in total. The molecule has 2 aliphatic heterocycles. The van der Waals surface area contributed by atoms with Crippen molar-refractivity contribution in [2.24, 2.45) is 0 Å². The number of imide groups is 1. The normalized spacial score (nSPS) is 23.3. The van der Waals surface area contributed by atoms with E-state index in [1.807, 2.05) is 24.3 Å². The highest BCUT2D eigenvalue weighted by Gasteiger charge is 2.36. The Morgan fingerprint density at radius 2 is 1.76 bits per heavy atom. The molecule has 112 valence electrons. The molecule has 2 fully saturated rings. The van der Waals surface area contributed by atoms with Gasteiger partial charge in [-0.05, 0) is 24.3 Å². The van der Waals surface area contributed by atoms with Crippen LogP contribution in [0, 0.1) is 0 Å². The van der Waals surface area contributed by atoms with Gasteiger partial charge in [-0.3, -0.25) is 19.8 Å². The fourth-order valence-corrected chi connectivity index (χ4v) is 2.92. The fourth-order valence-electron chi connectivity index (χ4n) is 2.92. The van der Waals surface area contributed by atoms with Crippen LogP contribution in [0.5, 0.6) is 5.75 Å². The van der Waals surface area contributed by atoms with E-state index in [0.29, 0.717) is 6.42 Å². The van der Waals surface area contributed by atoms with Crippen LogP contribution < -0.4 is 15.0 Å². The van der Waals surface area contributed by atoms with Crippen molar-refractivity contribution in [3.05, 3.63) is 24.3 Å². The number of ether oxygens (including phenoxy) is 1. The van der Waals surface area contributed by atoms with E-state index in [-0.39, 0.29) is 17.9 Å². The molecule has 1 aromatic carbocycles. The predicted molar refractivity (Wildman–Crippen MR) is 78.3 cm³/mol. The van der Waals surface area contributed by atoms with Crippen molar-refractivity contribution in [2.45, 2.75) is 12.5 Å². The quantitative estimate of drug-likeness (QED) is 0.807. The number of methoxy groups -OCH3 is 1. The molecular weight excluding hydrogens is 270 g/mol. The van der Waals surface area contributed by atoms with Crippen molar-refractivity contribution in [1.29, 1.82) is 0 Å². The van der Waals surface area contributed by atoms with Gasteiger partial charge < -0.3 is 9.64 Å². The third-order valence-electron chi connectivity index (χ3n) is 4.14. The third kappa shape index (κ3) is 2.85. The molecule has 21 heavy (non-hydrogen) atoms. The van der Waals surface area contributed by atoms with Crippen LogP contribution in [0.1, 0.15) is 6.42 Å². The number of rotatable bonds is 3. The molecule has 0 aromatic heterocycles. The number of nitrogens with one attached hydrogen (secondary N) is 1. The second-order valence-electron chi connectivity index (χ2n) is 5.35. The number of hydrogen-bond donors (Lipinski definition) is 1. The summed E-state index contributed by atoms with van der Waals surface area (Å²) >= 11 is 0. The summed E-state index contributed by atoms with van der Waals surface area (Å²) in [6.45, 7) is 3.28. The highest BCUT2D eigenvalue weighted by atomic mass is 16.5. The molecule has 6 heteroatoms. The van der Waals surface area contributed by atoms with Crippen LogP contribution in [-0.4, -0.2) is 56.0 Å². The first-order valence-electron chi connectivity index (χ1n) is 7.14. The maximum Gasteiger partial charge on any atom is 0.244 e. The molecule has 0 spiro atoms. The van der Waals surface area contributed by atoms with Gasteiger partial charge in [0.25, 0.3) is 0 Å². The van der Waals surface area contributed by atoms with Crippen LogP contribution in [0.3, 0.4) is 0 Å². The first-order valence-corrected chi connectivity index (χ1v) is 7.14. The molecule has 0 bridgehead atoms. The predicted octanol–water partition coefficient (Wildman–Crippen LogP) is 0.232. The lowest BCUT2D eigenvalue weighted by molar-refractivity contribution is -0.126. The second-order valence-corrected chi connectivity index (χ2v) is 5.35. The molecule has 1 atom stereocenters. The Labute approximate surface area is 123 Å². The average molecular weight is 289 g/mol. The number of hydrogen-bond acceptors (Lipinski definition) is 5. The SMILES string of the molecule is COc1ccc(N2CCN([C@@H]3CC(=O)NC3=O)CC2)cc1. The number of carbonyl (C=O) groups excluding carboxylic acids is 2. The van der Waals surface area contributed by atoms with E-state index in [9.17, 15) is 9.59 Å². The molecular formula is C15H19N3O3. The van der Waals surface area contributed by atoms with E-state index in [1.54, 1.807) is 7.11 Å². The maximum absolute atomic E-state index is 11.7. The van der Waals surface area contributed by atoms with Gasteiger partial charge in [0.2, 0.25) is 11.8 Å². The van der Waals surface area contributed by atoms with Crippen LogP contribution in [0.2, 0.25) is 0 Å². The van der Waals surface area contributed by atoms with Gasteiger partial charge in [-0.1, -0.05) is 0 Å². The van der Waals surface area contributed by atoms with Gasteiger partial charge in [0.15, 0.2) is 0 Å². The van der Waals surface area contributed by atoms with Gasteiger partial charge in [-0.2, -0.15) is 0 Å². The van der Waals surface area contributed by atoms with Gasteiger partial charge in [0, 0.05) is 31.9 Å². The maximum atomic E-state index is 11.7. The summed E-state index contributed by atoms with van der Waals surface area (Å²) in [6, 6.07) is 7.70. The van der Waals surface area contributed by atoms with E-state index < -0.39 is 0 Å². The summed E-state index contributed by atoms with van der Waals surface area (Å²) in [5, 5.41) is 2.37. The molecule has 0 aliphatic carbocycles. The van der Waals surface area contributed by atoms with E-state index in [2.05, 4.69) is 15.1 Å². The molecule has 1 N–H and O–H groups in total. The molecule has 2 saturated heterocycles. The molecule has 0 radical (unpaired) electrons. The summed E-state index contributed by atoms with van der Waals surface area (Å²) < 4.78 is 5.16. The first-order chi connectivity index (χ1) is 10.2. The lowest BCUT2D eigenvalue weighted by atomic mass is 10.1. The average Bonchev–Trinajstić information content (AvgIpc) is 2.86. The van der Waals surface area contributed by atoms with Crippen LogP contribution in [-0.2, 0) is 9.59 Å². The van der Waals surface area contributed by atoms with Gasteiger partial charge in [-0.25, -0.2) is 0 Å². The standard InChI is InChI=1S/C15H19N3O3/c1-21-12-4-2-11(3-5-12)17-6-8-18(9-7-17)13-10-14(19)16-15(13)20/h2-5,13H,6-10H2,1H3,(H,16,19,20)/t13-/m1/s1. The van der Waals surface area contributed by atoms with E-state index in [4.69, 9.17) is 4.74 Å². The van der Waals surface area contributed by atoms with Crippen molar-refractivity contribution < 1.29 is 14.3 Å².